The molecule has 33 heavy (non-hydrogen) atoms. The first kappa shape index (κ1) is 22.8. The van der Waals surface area contributed by atoms with Crippen LogP contribution in [0.25, 0.3) is 0 Å². The number of hydrogen-bond donors (Lipinski definition) is 0. The summed E-state index contributed by atoms with van der Waals surface area (Å²) < 4.78 is 11.6. The zero-order valence-electron chi connectivity index (χ0n) is 19.6. The van der Waals surface area contributed by atoms with E-state index in [2.05, 4.69) is 28.1 Å². The van der Waals surface area contributed by atoms with Gasteiger partial charge in [0.2, 0.25) is 0 Å². The minimum atomic E-state index is 0.0478. The lowest BCUT2D eigenvalue weighted by atomic mass is 10.1. The number of aromatic nitrogens is 1. The molecule has 0 bridgehead atoms. The molecular formula is C27H31N3O3. The molecule has 0 aliphatic carbocycles. The van der Waals surface area contributed by atoms with Crippen molar-refractivity contribution in [2.75, 3.05) is 33.3 Å². The van der Waals surface area contributed by atoms with Gasteiger partial charge in [0.05, 0.1) is 7.11 Å². The van der Waals surface area contributed by atoms with Crippen molar-refractivity contribution < 1.29 is 14.3 Å². The van der Waals surface area contributed by atoms with Crippen molar-refractivity contribution >= 4 is 5.91 Å². The zero-order valence-corrected chi connectivity index (χ0v) is 19.6. The highest BCUT2D eigenvalue weighted by atomic mass is 16.5. The van der Waals surface area contributed by atoms with Gasteiger partial charge >= 0.3 is 0 Å². The van der Waals surface area contributed by atoms with Crippen LogP contribution in [0, 0.1) is 13.8 Å². The van der Waals surface area contributed by atoms with E-state index >= 15 is 0 Å². The van der Waals surface area contributed by atoms with Gasteiger partial charge in [0.1, 0.15) is 18.1 Å². The molecule has 0 spiro atoms. The van der Waals surface area contributed by atoms with Crippen LogP contribution in [0.4, 0.5) is 0 Å². The fraction of sp³-hybridized carbons (Fsp3) is 0.333. The van der Waals surface area contributed by atoms with Crippen LogP contribution in [-0.4, -0.2) is 54.0 Å². The summed E-state index contributed by atoms with van der Waals surface area (Å²) >= 11 is 0. The molecule has 1 saturated heterocycles. The molecule has 1 aliphatic heterocycles. The van der Waals surface area contributed by atoms with Crippen LogP contribution in [0.5, 0.6) is 11.5 Å². The molecule has 2 aromatic carbocycles. The van der Waals surface area contributed by atoms with Crippen LogP contribution in [0.15, 0.2) is 60.9 Å². The minimum Gasteiger partial charge on any atom is -0.496 e. The smallest absolute Gasteiger partial charge is 0.253 e. The number of carbonyl (C=O) groups is 1. The molecule has 0 atom stereocenters. The molecular weight excluding hydrogens is 414 g/mol. The summed E-state index contributed by atoms with van der Waals surface area (Å²) in [7, 11) is 1.64. The molecule has 3 aromatic rings. The number of amides is 1. The maximum atomic E-state index is 13.2. The van der Waals surface area contributed by atoms with Crippen molar-refractivity contribution in [3.8, 4) is 11.5 Å². The van der Waals surface area contributed by atoms with Crippen molar-refractivity contribution in [2.45, 2.75) is 27.0 Å². The summed E-state index contributed by atoms with van der Waals surface area (Å²) in [5.74, 6) is 1.61. The Morgan fingerprint density at radius 1 is 1.00 bits per heavy atom. The van der Waals surface area contributed by atoms with Crippen molar-refractivity contribution in [2.24, 2.45) is 0 Å². The summed E-state index contributed by atoms with van der Waals surface area (Å²) in [6.45, 7) is 8.38. The molecule has 2 heterocycles. The van der Waals surface area contributed by atoms with E-state index in [1.54, 1.807) is 13.3 Å². The van der Waals surface area contributed by atoms with Crippen molar-refractivity contribution in [1.82, 2.24) is 14.8 Å². The second kappa shape index (κ2) is 10.5. The molecule has 0 N–H and O–H groups in total. The maximum absolute atomic E-state index is 13.2. The van der Waals surface area contributed by atoms with Gasteiger partial charge in [-0.05, 0) is 60.9 Å². The van der Waals surface area contributed by atoms with Gasteiger partial charge in [-0.15, -0.1) is 0 Å². The third kappa shape index (κ3) is 5.71. The maximum Gasteiger partial charge on any atom is 0.253 e. The summed E-state index contributed by atoms with van der Waals surface area (Å²) in [4.78, 5) is 21.7. The molecule has 1 aliphatic rings. The van der Waals surface area contributed by atoms with E-state index in [0.717, 1.165) is 47.8 Å². The van der Waals surface area contributed by atoms with E-state index in [1.165, 1.54) is 5.56 Å². The number of aryl methyl sites for hydroxylation is 2. The van der Waals surface area contributed by atoms with Crippen molar-refractivity contribution in [3.05, 3.63) is 88.7 Å². The number of nitrogens with zero attached hydrogens (tertiary/aromatic N) is 3. The number of rotatable bonds is 7. The lowest BCUT2D eigenvalue weighted by Crippen LogP contribution is -2.48. The van der Waals surface area contributed by atoms with E-state index in [-0.39, 0.29) is 5.91 Å². The van der Waals surface area contributed by atoms with Gasteiger partial charge in [-0.2, -0.15) is 0 Å². The topological polar surface area (TPSA) is 54.9 Å². The lowest BCUT2D eigenvalue weighted by Gasteiger charge is -2.34. The highest BCUT2D eigenvalue weighted by molar-refractivity contribution is 5.94. The van der Waals surface area contributed by atoms with Crippen LogP contribution in [0.1, 0.15) is 32.6 Å². The Balaban J connectivity index is 1.40. The zero-order chi connectivity index (χ0) is 23.2. The van der Waals surface area contributed by atoms with Crippen molar-refractivity contribution in [1.29, 1.82) is 0 Å². The van der Waals surface area contributed by atoms with Gasteiger partial charge in [-0.3, -0.25) is 14.7 Å². The Hall–Kier alpha value is -3.38. The second-order valence-electron chi connectivity index (χ2n) is 8.51. The quantitative estimate of drug-likeness (QED) is 0.544. The molecule has 4 rings (SSSR count). The Bertz CT molecular complexity index is 1090. The van der Waals surface area contributed by atoms with Gasteiger partial charge in [-0.1, -0.05) is 18.2 Å². The molecule has 1 aromatic heterocycles. The normalized spacial score (nSPS) is 14.2. The fourth-order valence-electron chi connectivity index (χ4n) is 4.08. The predicted octanol–water partition coefficient (Wildman–Crippen LogP) is 4.24. The molecule has 6 heteroatoms. The first-order valence-electron chi connectivity index (χ1n) is 11.3. The molecule has 1 fully saturated rings. The molecule has 0 saturated carbocycles. The van der Waals surface area contributed by atoms with E-state index in [9.17, 15) is 4.79 Å². The van der Waals surface area contributed by atoms with Crippen LogP contribution in [-0.2, 0) is 13.2 Å². The first-order chi connectivity index (χ1) is 16.0. The number of ether oxygens (including phenoxy) is 2. The number of pyridine rings is 1. The van der Waals surface area contributed by atoms with E-state index in [4.69, 9.17) is 9.47 Å². The Labute approximate surface area is 195 Å². The van der Waals surface area contributed by atoms with Crippen LogP contribution >= 0.6 is 0 Å². The summed E-state index contributed by atoms with van der Waals surface area (Å²) in [6.07, 6.45) is 3.69. The number of methoxy groups -OCH3 is 1. The van der Waals surface area contributed by atoms with Crippen LogP contribution in [0.2, 0.25) is 0 Å². The summed E-state index contributed by atoms with van der Waals surface area (Å²) in [5.41, 5.74) is 4.95. The van der Waals surface area contributed by atoms with Crippen LogP contribution < -0.4 is 9.47 Å². The Morgan fingerprint density at radius 3 is 2.55 bits per heavy atom. The highest BCUT2D eigenvalue weighted by Crippen LogP contribution is 2.25. The predicted molar refractivity (Wildman–Crippen MR) is 129 cm³/mol. The number of carbonyl (C=O) groups excluding carboxylic acids is 1. The third-order valence-corrected chi connectivity index (χ3v) is 6.04. The molecule has 172 valence electrons. The highest BCUT2D eigenvalue weighted by Gasteiger charge is 2.23. The summed E-state index contributed by atoms with van der Waals surface area (Å²) in [5, 5.41) is 0. The van der Waals surface area contributed by atoms with Gasteiger partial charge < -0.3 is 14.4 Å². The first-order valence-corrected chi connectivity index (χ1v) is 11.3. The van der Waals surface area contributed by atoms with Crippen molar-refractivity contribution in [3.63, 3.8) is 0 Å². The lowest BCUT2D eigenvalue weighted by molar-refractivity contribution is 0.0628. The minimum absolute atomic E-state index is 0.0478. The largest absolute Gasteiger partial charge is 0.496 e. The van der Waals surface area contributed by atoms with E-state index < -0.39 is 0 Å². The van der Waals surface area contributed by atoms with Gasteiger partial charge in [0.25, 0.3) is 5.91 Å². The van der Waals surface area contributed by atoms with Gasteiger partial charge in [0.15, 0.2) is 0 Å². The molecule has 6 nitrogen and oxygen atoms in total. The Kier molecular flexibility index (Phi) is 7.25. The SMILES string of the molecule is COc1ccc(C(=O)N2CCN(Cc3cccnc3)CC2)cc1COc1cc(C)ccc1C. The van der Waals surface area contributed by atoms with Gasteiger partial charge in [-0.25, -0.2) is 0 Å². The monoisotopic (exact) mass is 445 g/mol. The molecule has 0 unspecified atom stereocenters. The molecule has 0 radical (unpaired) electrons. The average molecular weight is 446 g/mol. The number of benzene rings is 2. The standard InChI is InChI=1S/C27H31N3O3/c1-20-6-7-21(2)26(15-20)33-19-24-16-23(8-9-25(24)32-3)27(31)30-13-11-29(12-14-30)18-22-5-4-10-28-17-22/h4-10,15-17H,11-14,18-19H2,1-3H3. The second-order valence-corrected chi connectivity index (χ2v) is 8.51. The van der Waals surface area contributed by atoms with Gasteiger partial charge in [0, 0.05) is 56.2 Å². The third-order valence-electron chi connectivity index (χ3n) is 6.04. The Morgan fingerprint density at radius 2 is 1.82 bits per heavy atom. The number of piperazine rings is 1. The average Bonchev–Trinajstić information content (AvgIpc) is 2.85. The summed E-state index contributed by atoms with van der Waals surface area (Å²) in [6, 6.07) is 15.8. The van der Waals surface area contributed by atoms with E-state index in [1.807, 2.05) is 55.3 Å². The number of hydrogen-bond acceptors (Lipinski definition) is 5. The fourth-order valence-corrected chi connectivity index (χ4v) is 4.08. The van der Waals surface area contributed by atoms with E-state index in [0.29, 0.717) is 25.3 Å². The molecule has 1 amide bonds. The van der Waals surface area contributed by atoms with Crippen LogP contribution in [0.3, 0.4) is 0 Å².